The van der Waals surface area contributed by atoms with E-state index in [1.165, 1.54) is 4.31 Å². The fraction of sp³-hybridized carbons (Fsp3) is 0.350. The fourth-order valence-electron chi connectivity index (χ4n) is 3.34. The molecule has 6 nitrogen and oxygen atoms in total. The minimum atomic E-state index is -3.68. The largest absolute Gasteiger partial charge is 0.380 e. The van der Waals surface area contributed by atoms with Crippen LogP contribution < -0.4 is 5.32 Å². The van der Waals surface area contributed by atoms with E-state index in [0.717, 1.165) is 11.1 Å². The van der Waals surface area contributed by atoms with Crippen molar-refractivity contribution in [2.75, 3.05) is 13.7 Å². The van der Waals surface area contributed by atoms with E-state index in [-0.39, 0.29) is 10.8 Å². The number of hydrogen-bond donors (Lipinski definition) is 1. The second-order valence-electron chi connectivity index (χ2n) is 6.51. The Hall–Kier alpha value is -2.22. The molecule has 0 spiro atoms. The van der Waals surface area contributed by atoms with Gasteiger partial charge >= 0.3 is 0 Å². The van der Waals surface area contributed by atoms with Crippen molar-refractivity contribution in [3.63, 3.8) is 0 Å². The van der Waals surface area contributed by atoms with E-state index in [4.69, 9.17) is 4.74 Å². The van der Waals surface area contributed by atoms with Crippen molar-refractivity contribution in [1.29, 1.82) is 0 Å². The van der Waals surface area contributed by atoms with Gasteiger partial charge in [-0.1, -0.05) is 42.5 Å². The van der Waals surface area contributed by atoms with Gasteiger partial charge in [-0.3, -0.25) is 4.79 Å². The number of carbonyl (C=O) groups is 1. The Morgan fingerprint density at radius 1 is 1.11 bits per heavy atom. The van der Waals surface area contributed by atoms with Crippen molar-refractivity contribution in [1.82, 2.24) is 9.62 Å². The zero-order chi connectivity index (χ0) is 19.3. The first-order valence-corrected chi connectivity index (χ1v) is 10.4. The van der Waals surface area contributed by atoms with E-state index in [1.54, 1.807) is 37.4 Å². The molecule has 0 aliphatic carbocycles. The van der Waals surface area contributed by atoms with Gasteiger partial charge in [0.25, 0.3) is 0 Å². The predicted molar refractivity (Wildman–Crippen MR) is 102 cm³/mol. The lowest BCUT2D eigenvalue weighted by Gasteiger charge is -2.23. The van der Waals surface area contributed by atoms with Crippen molar-refractivity contribution in [3.8, 4) is 0 Å². The Labute approximate surface area is 160 Å². The van der Waals surface area contributed by atoms with Gasteiger partial charge in [0.1, 0.15) is 6.04 Å². The third-order valence-electron chi connectivity index (χ3n) is 4.73. The van der Waals surface area contributed by atoms with Crippen LogP contribution in [-0.2, 0) is 32.7 Å². The number of benzene rings is 2. The second-order valence-corrected chi connectivity index (χ2v) is 8.40. The minimum Gasteiger partial charge on any atom is -0.380 e. The van der Waals surface area contributed by atoms with Gasteiger partial charge in [-0.15, -0.1) is 0 Å². The molecule has 27 heavy (non-hydrogen) atoms. The first-order valence-electron chi connectivity index (χ1n) is 8.94. The van der Waals surface area contributed by atoms with Crippen LogP contribution in [0.25, 0.3) is 0 Å². The van der Waals surface area contributed by atoms with Crippen LogP contribution in [0, 0.1) is 0 Å². The summed E-state index contributed by atoms with van der Waals surface area (Å²) in [4.78, 5) is 12.9. The highest BCUT2D eigenvalue weighted by atomic mass is 32.2. The Morgan fingerprint density at radius 3 is 2.48 bits per heavy atom. The predicted octanol–water partition coefficient (Wildman–Crippen LogP) is 2.30. The van der Waals surface area contributed by atoms with Gasteiger partial charge in [0.05, 0.1) is 11.5 Å². The second kappa shape index (κ2) is 8.65. The normalized spacial score (nSPS) is 17.7. The molecule has 2 aromatic carbocycles. The maximum Gasteiger partial charge on any atom is 0.243 e. The number of nitrogens with one attached hydrogen (secondary N) is 1. The molecule has 1 unspecified atom stereocenters. The summed E-state index contributed by atoms with van der Waals surface area (Å²) >= 11 is 0. The molecule has 2 aromatic rings. The van der Waals surface area contributed by atoms with Gasteiger partial charge in [0.2, 0.25) is 15.9 Å². The minimum absolute atomic E-state index is 0.218. The summed E-state index contributed by atoms with van der Waals surface area (Å²) in [6.45, 7) is 1.16. The standard InChI is InChI=1S/C20H24N2O4S/c1-26-15-17-9-6-5-8-16(17)14-21-20(23)19-12-7-13-22(19)27(24,25)18-10-3-2-4-11-18/h2-6,8-11,19H,7,12-15H2,1H3,(H,21,23). The summed E-state index contributed by atoms with van der Waals surface area (Å²) < 4.78 is 32.3. The van der Waals surface area contributed by atoms with E-state index >= 15 is 0 Å². The van der Waals surface area contributed by atoms with Crippen molar-refractivity contribution in [3.05, 3.63) is 65.7 Å². The lowest BCUT2D eigenvalue weighted by atomic mass is 10.1. The molecule has 0 saturated carbocycles. The van der Waals surface area contributed by atoms with E-state index in [2.05, 4.69) is 5.32 Å². The number of ether oxygens (including phenoxy) is 1. The quantitative estimate of drug-likeness (QED) is 0.790. The molecule has 1 N–H and O–H groups in total. The molecule has 0 radical (unpaired) electrons. The molecule has 7 heteroatoms. The maximum absolute atomic E-state index is 12.9. The maximum atomic E-state index is 12.9. The van der Waals surface area contributed by atoms with Gasteiger partial charge < -0.3 is 10.1 Å². The van der Waals surface area contributed by atoms with Crippen LogP contribution in [0.5, 0.6) is 0 Å². The average molecular weight is 388 g/mol. The first-order chi connectivity index (χ1) is 13.0. The van der Waals surface area contributed by atoms with Gasteiger partial charge in [-0.25, -0.2) is 8.42 Å². The lowest BCUT2D eigenvalue weighted by molar-refractivity contribution is -0.124. The molecule has 144 valence electrons. The fourth-order valence-corrected chi connectivity index (χ4v) is 5.02. The van der Waals surface area contributed by atoms with Gasteiger partial charge in [0, 0.05) is 20.2 Å². The summed E-state index contributed by atoms with van der Waals surface area (Å²) in [6.07, 6.45) is 1.20. The number of amides is 1. The lowest BCUT2D eigenvalue weighted by Crippen LogP contribution is -2.45. The van der Waals surface area contributed by atoms with Gasteiger partial charge in [-0.05, 0) is 36.1 Å². The molecular formula is C20H24N2O4S. The highest BCUT2D eigenvalue weighted by Gasteiger charge is 2.39. The van der Waals surface area contributed by atoms with E-state index in [9.17, 15) is 13.2 Å². The zero-order valence-corrected chi connectivity index (χ0v) is 16.1. The molecule has 1 aliphatic rings. The molecule has 1 saturated heterocycles. The number of rotatable bonds is 7. The number of hydrogen-bond acceptors (Lipinski definition) is 4. The van der Waals surface area contributed by atoms with Crippen LogP contribution in [0.2, 0.25) is 0 Å². The molecule has 1 atom stereocenters. The van der Waals surface area contributed by atoms with E-state index < -0.39 is 16.1 Å². The van der Waals surface area contributed by atoms with E-state index in [1.807, 2.05) is 24.3 Å². The highest BCUT2D eigenvalue weighted by molar-refractivity contribution is 7.89. The van der Waals surface area contributed by atoms with Crippen LogP contribution in [0.3, 0.4) is 0 Å². The first kappa shape index (κ1) is 19.5. The Morgan fingerprint density at radius 2 is 1.78 bits per heavy atom. The van der Waals surface area contributed by atoms with Crippen LogP contribution in [0.15, 0.2) is 59.5 Å². The number of nitrogens with zero attached hydrogens (tertiary/aromatic N) is 1. The average Bonchev–Trinajstić information content (AvgIpc) is 3.19. The Kier molecular flexibility index (Phi) is 6.26. The van der Waals surface area contributed by atoms with Crippen molar-refractivity contribution < 1.29 is 17.9 Å². The summed E-state index contributed by atoms with van der Waals surface area (Å²) in [5.41, 5.74) is 1.96. The van der Waals surface area contributed by atoms with Gasteiger partial charge in [0.15, 0.2) is 0 Å². The third-order valence-corrected chi connectivity index (χ3v) is 6.65. The van der Waals surface area contributed by atoms with Gasteiger partial charge in [-0.2, -0.15) is 4.31 Å². The highest BCUT2D eigenvalue weighted by Crippen LogP contribution is 2.26. The molecular weight excluding hydrogens is 364 g/mol. The molecule has 0 bridgehead atoms. The number of carbonyl (C=O) groups excluding carboxylic acids is 1. The molecule has 1 amide bonds. The summed E-state index contributed by atoms with van der Waals surface area (Å²) in [5.74, 6) is -0.265. The van der Waals surface area contributed by atoms with E-state index in [0.29, 0.717) is 32.5 Å². The monoisotopic (exact) mass is 388 g/mol. The van der Waals surface area contributed by atoms with Crippen LogP contribution >= 0.6 is 0 Å². The van der Waals surface area contributed by atoms with Crippen molar-refractivity contribution in [2.45, 2.75) is 36.9 Å². The molecule has 0 aromatic heterocycles. The Bertz CT molecular complexity index is 884. The molecule has 3 rings (SSSR count). The smallest absolute Gasteiger partial charge is 0.243 e. The third kappa shape index (κ3) is 4.37. The SMILES string of the molecule is COCc1ccccc1CNC(=O)C1CCCN1S(=O)(=O)c1ccccc1. The Balaban J connectivity index is 1.71. The summed E-state index contributed by atoms with van der Waals surface area (Å²) in [7, 11) is -2.05. The topological polar surface area (TPSA) is 75.7 Å². The van der Waals surface area contributed by atoms with Crippen LogP contribution in [0.4, 0.5) is 0 Å². The molecule has 1 aliphatic heterocycles. The number of sulfonamides is 1. The molecule has 1 fully saturated rings. The summed E-state index contributed by atoms with van der Waals surface area (Å²) in [5, 5.41) is 2.89. The number of methoxy groups -OCH3 is 1. The van der Waals surface area contributed by atoms with Crippen LogP contribution in [-0.4, -0.2) is 38.3 Å². The zero-order valence-electron chi connectivity index (χ0n) is 15.3. The van der Waals surface area contributed by atoms with Crippen LogP contribution in [0.1, 0.15) is 24.0 Å². The van der Waals surface area contributed by atoms with Crippen molar-refractivity contribution in [2.24, 2.45) is 0 Å². The van der Waals surface area contributed by atoms with Crippen molar-refractivity contribution >= 4 is 15.9 Å². The molecule has 1 heterocycles. The summed E-state index contributed by atoms with van der Waals surface area (Å²) in [6, 6.07) is 15.3.